The number of hydrogen-bond donors (Lipinski definition) is 1. The van der Waals surface area contributed by atoms with Gasteiger partial charge in [0.2, 0.25) is 0 Å². The van der Waals surface area contributed by atoms with Crippen LogP contribution >= 0.6 is 0 Å². The zero-order valence-corrected chi connectivity index (χ0v) is 17.1. The molecule has 0 spiro atoms. The second-order valence-electron chi connectivity index (χ2n) is 9.02. The average molecular weight is 398 g/mol. The highest BCUT2D eigenvalue weighted by atomic mass is 16.6. The molecule has 1 aromatic carbocycles. The standard InChI is InChI=1S/C24H31NO4/c1-27-21-11-5-9-19-18-13-12-16(14-22(18)29-23(19)21)28-24(26)25-20-10-4-7-15-6-2-3-8-17(15)20/h5,9,11-13,15-18,20,22H,2-4,6-8,10,14H2,1H3,(H,25,26)/t15?,16-,17?,18-,20?,22?/m0/s1. The van der Waals surface area contributed by atoms with Crippen molar-refractivity contribution in [1.82, 2.24) is 5.32 Å². The number of ether oxygens (including phenoxy) is 3. The Bertz CT molecular complexity index is 789. The van der Waals surface area contributed by atoms with Gasteiger partial charge < -0.3 is 19.5 Å². The number of nitrogens with one attached hydrogen (secondary N) is 1. The first-order valence-electron chi connectivity index (χ1n) is 11.2. The molecule has 1 aliphatic heterocycles. The van der Waals surface area contributed by atoms with Gasteiger partial charge in [0.05, 0.1) is 7.11 Å². The summed E-state index contributed by atoms with van der Waals surface area (Å²) in [5.41, 5.74) is 1.15. The van der Waals surface area contributed by atoms with E-state index in [4.69, 9.17) is 14.2 Å². The normalized spacial score (nSPS) is 34.9. The number of carbonyl (C=O) groups is 1. The molecule has 1 N–H and O–H groups in total. The fourth-order valence-electron chi connectivity index (χ4n) is 6.01. The van der Waals surface area contributed by atoms with Crippen molar-refractivity contribution in [2.75, 3.05) is 7.11 Å². The molecule has 6 atom stereocenters. The Hall–Kier alpha value is -2.17. The van der Waals surface area contributed by atoms with Gasteiger partial charge in [-0.15, -0.1) is 0 Å². The predicted octanol–water partition coefficient (Wildman–Crippen LogP) is 4.95. The molecule has 2 fully saturated rings. The maximum absolute atomic E-state index is 12.6. The van der Waals surface area contributed by atoms with Gasteiger partial charge in [-0.25, -0.2) is 4.79 Å². The van der Waals surface area contributed by atoms with Crippen molar-refractivity contribution in [2.24, 2.45) is 11.8 Å². The molecule has 5 heteroatoms. The quantitative estimate of drug-likeness (QED) is 0.733. The lowest BCUT2D eigenvalue weighted by molar-refractivity contribution is 0.0670. The Morgan fingerprint density at radius 1 is 1.10 bits per heavy atom. The summed E-state index contributed by atoms with van der Waals surface area (Å²) in [5, 5.41) is 3.20. The van der Waals surface area contributed by atoms with Gasteiger partial charge in [-0.1, -0.05) is 50.3 Å². The molecule has 29 heavy (non-hydrogen) atoms. The van der Waals surface area contributed by atoms with Crippen LogP contribution in [-0.2, 0) is 4.74 Å². The first kappa shape index (κ1) is 18.8. The molecular formula is C24H31NO4. The van der Waals surface area contributed by atoms with E-state index in [1.54, 1.807) is 7.11 Å². The largest absolute Gasteiger partial charge is 0.493 e. The zero-order valence-electron chi connectivity index (χ0n) is 17.1. The molecule has 5 rings (SSSR count). The van der Waals surface area contributed by atoms with Gasteiger partial charge in [0.25, 0.3) is 0 Å². The van der Waals surface area contributed by atoms with Gasteiger partial charge in [0.1, 0.15) is 12.2 Å². The van der Waals surface area contributed by atoms with Crippen LogP contribution < -0.4 is 14.8 Å². The van der Waals surface area contributed by atoms with E-state index >= 15 is 0 Å². The molecule has 1 amide bonds. The summed E-state index contributed by atoms with van der Waals surface area (Å²) in [4.78, 5) is 12.6. The zero-order chi connectivity index (χ0) is 19.8. The molecule has 1 aromatic rings. The van der Waals surface area contributed by atoms with E-state index in [1.807, 2.05) is 18.2 Å². The lowest BCUT2D eigenvalue weighted by Gasteiger charge is -2.41. The number of methoxy groups -OCH3 is 1. The molecule has 0 saturated heterocycles. The van der Waals surface area contributed by atoms with E-state index < -0.39 is 0 Å². The summed E-state index contributed by atoms with van der Waals surface area (Å²) in [6.45, 7) is 0. The monoisotopic (exact) mass is 397 g/mol. The highest BCUT2D eigenvalue weighted by Crippen LogP contribution is 2.47. The van der Waals surface area contributed by atoms with Crippen LogP contribution in [0.1, 0.15) is 62.8 Å². The van der Waals surface area contributed by atoms with E-state index in [-0.39, 0.29) is 30.3 Å². The third-order valence-electron chi connectivity index (χ3n) is 7.39. The van der Waals surface area contributed by atoms with E-state index in [1.165, 1.54) is 38.5 Å². The molecule has 0 radical (unpaired) electrons. The van der Waals surface area contributed by atoms with Gasteiger partial charge in [-0.3, -0.25) is 0 Å². The number of carbonyl (C=O) groups excluding carboxylic acids is 1. The lowest BCUT2D eigenvalue weighted by atomic mass is 9.68. The van der Waals surface area contributed by atoms with E-state index in [2.05, 4.69) is 17.5 Å². The Kier molecular flexibility index (Phi) is 5.15. The van der Waals surface area contributed by atoms with Gasteiger partial charge >= 0.3 is 6.09 Å². The number of para-hydroxylation sites is 1. The summed E-state index contributed by atoms with van der Waals surface area (Å²) >= 11 is 0. The van der Waals surface area contributed by atoms with Crippen molar-refractivity contribution < 1.29 is 19.0 Å². The van der Waals surface area contributed by atoms with Crippen LogP contribution in [0.4, 0.5) is 4.79 Å². The molecule has 4 unspecified atom stereocenters. The summed E-state index contributed by atoms with van der Waals surface area (Å²) in [7, 11) is 1.66. The van der Waals surface area contributed by atoms with Crippen LogP contribution in [0.3, 0.4) is 0 Å². The maximum atomic E-state index is 12.6. The molecule has 2 saturated carbocycles. The molecule has 156 valence electrons. The number of amides is 1. The Balaban J connectivity index is 1.20. The van der Waals surface area contributed by atoms with Crippen molar-refractivity contribution in [3.63, 3.8) is 0 Å². The number of alkyl carbamates (subject to hydrolysis) is 1. The van der Waals surface area contributed by atoms with Gasteiger partial charge in [0, 0.05) is 23.9 Å². The van der Waals surface area contributed by atoms with Gasteiger partial charge in [-0.2, -0.15) is 0 Å². The lowest BCUT2D eigenvalue weighted by Crippen LogP contribution is -2.47. The Morgan fingerprint density at radius 2 is 1.97 bits per heavy atom. The van der Waals surface area contributed by atoms with Crippen molar-refractivity contribution in [3.05, 3.63) is 35.9 Å². The van der Waals surface area contributed by atoms with E-state index in [9.17, 15) is 4.79 Å². The fraction of sp³-hybridized carbons (Fsp3) is 0.625. The number of hydrogen-bond acceptors (Lipinski definition) is 4. The van der Waals surface area contributed by atoms with Crippen LogP contribution in [0.15, 0.2) is 30.4 Å². The van der Waals surface area contributed by atoms with Crippen LogP contribution in [0.25, 0.3) is 0 Å². The van der Waals surface area contributed by atoms with Gasteiger partial charge in [0.15, 0.2) is 11.5 Å². The third-order valence-corrected chi connectivity index (χ3v) is 7.39. The van der Waals surface area contributed by atoms with Gasteiger partial charge in [-0.05, 0) is 36.8 Å². The Morgan fingerprint density at radius 3 is 2.86 bits per heavy atom. The minimum absolute atomic E-state index is 0.0125. The number of fused-ring (bicyclic) bond motifs is 4. The molecule has 5 nitrogen and oxygen atoms in total. The van der Waals surface area contributed by atoms with Crippen molar-refractivity contribution in [3.8, 4) is 11.5 Å². The summed E-state index contributed by atoms with van der Waals surface area (Å²) in [6.07, 6.45) is 13.1. The van der Waals surface area contributed by atoms with Crippen LogP contribution in [0, 0.1) is 11.8 Å². The topological polar surface area (TPSA) is 56.8 Å². The maximum Gasteiger partial charge on any atom is 0.407 e. The van der Waals surface area contributed by atoms with E-state index in [0.717, 1.165) is 29.4 Å². The molecule has 1 heterocycles. The minimum atomic E-state index is -0.276. The van der Waals surface area contributed by atoms with E-state index in [0.29, 0.717) is 12.3 Å². The first-order valence-corrected chi connectivity index (χ1v) is 11.2. The van der Waals surface area contributed by atoms with Crippen LogP contribution in [0.2, 0.25) is 0 Å². The highest BCUT2D eigenvalue weighted by molar-refractivity contribution is 5.68. The first-order chi connectivity index (χ1) is 14.2. The molecule has 4 aliphatic rings. The van der Waals surface area contributed by atoms with Crippen molar-refractivity contribution >= 4 is 6.09 Å². The number of benzene rings is 1. The molecule has 0 bridgehead atoms. The van der Waals surface area contributed by atoms with Crippen molar-refractivity contribution in [1.29, 1.82) is 0 Å². The molecule has 3 aliphatic carbocycles. The molecule has 0 aromatic heterocycles. The fourth-order valence-corrected chi connectivity index (χ4v) is 6.01. The molecular weight excluding hydrogens is 366 g/mol. The second-order valence-corrected chi connectivity index (χ2v) is 9.02. The average Bonchev–Trinajstić information content (AvgIpc) is 3.12. The SMILES string of the molecule is COc1cccc2c1OC1C[C@@H](OC(=O)NC3CCCC4CCCCC43)C=C[C@@H]21. The number of rotatable bonds is 3. The summed E-state index contributed by atoms with van der Waals surface area (Å²) in [5.74, 6) is 3.21. The van der Waals surface area contributed by atoms with Crippen LogP contribution in [-0.4, -0.2) is 31.5 Å². The highest BCUT2D eigenvalue weighted by Gasteiger charge is 2.40. The third kappa shape index (κ3) is 3.60. The Labute approximate surface area is 172 Å². The van der Waals surface area contributed by atoms with Crippen molar-refractivity contribution in [2.45, 2.75) is 75.5 Å². The summed E-state index contributed by atoms with van der Waals surface area (Å²) < 4.78 is 17.4. The smallest absolute Gasteiger partial charge is 0.407 e. The minimum Gasteiger partial charge on any atom is -0.493 e. The second kappa shape index (κ2) is 7.92. The van der Waals surface area contributed by atoms with Crippen LogP contribution in [0.5, 0.6) is 11.5 Å². The summed E-state index contributed by atoms with van der Waals surface area (Å²) in [6, 6.07) is 6.28. The predicted molar refractivity (Wildman–Crippen MR) is 110 cm³/mol.